The predicted molar refractivity (Wildman–Crippen MR) is 103 cm³/mol. The Hall–Kier alpha value is -2.07. The highest BCUT2D eigenvalue weighted by molar-refractivity contribution is 7.55. The van der Waals surface area contributed by atoms with Gasteiger partial charge in [-0.15, -0.1) is 0 Å². The smallest absolute Gasteiger partial charge is 0.323 e. The predicted octanol–water partition coefficient (Wildman–Crippen LogP) is 1.28. The lowest BCUT2D eigenvalue weighted by Gasteiger charge is -2.20. The number of fused-ring (bicyclic) bond motifs is 1. The molecule has 0 spiro atoms. The summed E-state index contributed by atoms with van der Waals surface area (Å²) in [5.41, 5.74) is 6.79. The Bertz CT molecular complexity index is 844. The van der Waals surface area contributed by atoms with Gasteiger partial charge in [0, 0.05) is 0 Å². The van der Waals surface area contributed by atoms with Gasteiger partial charge < -0.3 is 24.7 Å². The van der Waals surface area contributed by atoms with E-state index < -0.39 is 32.0 Å². The van der Waals surface area contributed by atoms with E-state index in [9.17, 15) is 14.3 Å². The second-order valence-corrected chi connectivity index (χ2v) is 8.43. The quantitative estimate of drug-likeness (QED) is 0.278. The van der Waals surface area contributed by atoms with Crippen LogP contribution in [0.4, 0.5) is 5.82 Å². The lowest BCUT2D eigenvalue weighted by molar-refractivity contribution is -0.145. The third-order valence-electron chi connectivity index (χ3n) is 3.91. The van der Waals surface area contributed by atoms with Crippen molar-refractivity contribution in [1.29, 1.82) is 0 Å². The van der Waals surface area contributed by atoms with Crippen LogP contribution in [0.5, 0.6) is 0 Å². The third-order valence-corrected chi connectivity index (χ3v) is 5.20. The van der Waals surface area contributed by atoms with E-state index in [0.717, 1.165) is 12.8 Å². The molecule has 0 fully saturated rings. The molecule has 0 bridgehead atoms. The lowest BCUT2D eigenvalue weighted by atomic mass is 10.3. The molecule has 12 heteroatoms. The number of carbonyl (C=O) groups is 1. The number of nitrogens with zero attached hydrogens (tertiary/aromatic N) is 4. The fraction of sp³-hybridized carbons (Fsp3) is 0.625. The Morgan fingerprint density at radius 3 is 2.86 bits per heavy atom. The number of rotatable bonds is 11. The molecule has 0 saturated carbocycles. The number of hydrogen-bond donors (Lipinski definition) is 3. The molecule has 2 aromatic rings. The Morgan fingerprint density at radius 2 is 2.14 bits per heavy atom. The first-order valence-electron chi connectivity index (χ1n) is 9.02. The maximum Gasteiger partial charge on any atom is 0.323 e. The van der Waals surface area contributed by atoms with Crippen LogP contribution in [0.15, 0.2) is 12.7 Å². The fourth-order valence-electron chi connectivity index (χ4n) is 2.43. The summed E-state index contributed by atoms with van der Waals surface area (Å²) in [7, 11) is -3.88. The zero-order chi connectivity index (χ0) is 20.7. The zero-order valence-corrected chi connectivity index (χ0v) is 17.1. The maximum atomic E-state index is 12.3. The van der Waals surface area contributed by atoms with Gasteiger partial charge in [0.2, 0.25) is 0 Å². The molecule has 11 nitrogen and oxygen atoms in total. The van der Waals surface area contributed by atoms with Gasteiger partial charge >= 0.3 is 5.97 Å². The van der Waals surface area contributed by atoms with Crippen LogP contribution in [-0.2, 0) is 25.4 Å². The molecule has 0 saturated heterocycles. The van der Waals surface area contributed by atoms with E-state index in [-0.39, 0.29) is 12.4 Å². The van der Waals surface area contributed by atoms with E-state index in [4.69, 9.17) is 15.2 Å². The van der Waals surface area contributed by atoms with Crippen LogP contribution in [-0.4, -0.2) is 55.5 Å². The van der Waals surface area contributed by atoms with Gasteiger partial charge in [0.1, 0.15) is 24.2 Å². The van der Waals surface area contributed by atoms with Crippen LogP contribution < -0.4 is 10.8 Å². The number of nitrogens with two attached hydrogens (primary N) is 1. The van der Waals surface area contributed by atoms with Gasteiger partial charge in [-0.1, -0.05) is 13.3 Å². The molecule has 0 aliphatic heterocycles. The summed E-state index contributed by atoms with van der Waals surface area (Å²) in [5.74, 6) is -0.292. The van der Waals surface area contributed by atoms with Crippen molar-refractivity contribution in [3.8, 4) is 0 Å². The molecular weight excluding hydrogens is 387 g/mol. The molecule has 0 amide bonds. The van der Waals surface area contributed by atoms with E-state index >= 15 is 0 Å². The molecule has 0 radical (unpaired) electrons. The van der Waals surface area contributed by atoms with Gasteiger partial charge in [0.05, 0.1) is 25.6 Å². The molecule has 0 aliphatic carbocycles. The SMILES string of the molecule is CCCCOC(=O)[C@H](C)NP(=O)(O)CO[C@H](C)Cn1cnc2c(N)ncnc21. The summed E-state index contributed by atoms with van der Waals surface area (Å²) in [6.07, 6.45) is 3.67. The molecule has 0 aromatic carbocycles. The number of anilines is 1. The van der Waals surface area contributed by atoms with E-state index in [1.807, 2.05) is 6.92 Å². The van der Waals surface area contributed by atoms with Crippen molar-refractivity contribution >= 4 is 30.5 Å². The van der Waals surface area contributed by atoms with Crippen molar-refractivity contribution in [1.82, 2.24) is 24.6 Å². The van der Waals surface area contributed by atoms with Gasteiger partial charge in [-0.25, -0.2) is 20.0 Å². The van der Waals surface area contributed by atoms with Crippen LogP contribution in [0.3, 0.4) is 0 Å². The molecule has 2 heterocycles. The Kier molecular flexibility index (Phi) is 7.88. The molecule has 2 rings (SSSR count). The number of hydrogen-bond acceptors (Lipinski definition) is 8. The normalized spacial score (nSPS) is 15.9. The minimum Gasteiger partial charge on any atom is -0.465 e. The topological polar surface area (TPSA) is 154 Å². The van der Waals surface area contributed by atoms with Crippen molar-refractivity contribution in [3.05, 3.63) is 12.7 Å². The number of esters is 1. The highest BCUT2D eigenvalue weighted by atomic mass is 31.2. The average Bonchev–Trinajstić information content (AvgIpc) is 3.04. The summed E-state index contributed by atoms with van der Waals surface area (Å²) in [6.45, 7) is 5.84. The molecule has 28 heavy (non-hydrogen) atoms. The van der Waals surface area contributed by atoms with Crippen molar-refractivity contribution in [2.45, 2.75) is 52.3 Å². The molecule has 156 valence electrons. The number of aromatic nitrogens is 4. The van der Waals surface area contributed by atoms with Crippen LogP contribution in [0, 0.1) is 0 Å². The highest BCUT2D eigenvalue weighted by Gasteiger charge is 2.26. The van der Waals surface area contributed by atoms with E-state index in [1.165, 1.54) is 13.3 Å². The lowest BCUT2D eigenvalue weighted by Crippen LogP contribution is -2.34. The fourth-order valence-corrected chi connectivity index (χ4v) is 3.67. The zero-order valence-electron chi connectivity index (χ0n) is 16.2. The molecular formula is C16H27N6O5P. The first-order valence-corrected chi connectivity index (χ1v) is 10.9. The number of unbranched alkanes of at least 4 members (excludes halogenated alkanes) is 1. The monoisotopic (exact) mass is 414 g/mol. The van der Waals surface area contributed by atoms with E-state index in [1.54, 1.807) is 17.8 Å². The minimum atomic E-state index is -3.88. The third kappa shape index (κ3) is 6.23. The minimum absolute atomic E-state index is 0.279. The second kappa shape index (κ2) is 9.92. The van der Waals surface area contributed by atoms with Gasteiger partial charge in [-0.05, 0) is 20.3 Å². The van der Waals surface area contributed by atoms with Gasteiger partial charge in [0.25, 0.3) is 7.52 Å². The highest BCUT2D eigenvalue weighted by Crippen LogP contribution is 2.36. The van der Waals surface area contributed by atoms with E-state index in [0.29, 0.717) is 17.7 Å². The van der Waals surface area contributed by atoms with Crippen molar-refractivity contribution in [2.75, 3.05) is 18.7 Å². The Morgan fingerprint density at radius 1 is 1.39 bits per heavy atom. The van der Waals surface area contributed by atoms with Crippen LogP contribution >= 0.6 is 7.52 Å². The number of nitrogens with one attached hydrogen (secondary N) is 1. The van der Waals surface area contributed by atoms with Crippen LogP contribution in [0.2, 0.25) is 0 Å². The second-order valence-electron chi connectivity index (χ2n) is 6.51. The Balaban J connectivity index is 1.85. The summed E-state index contributed by atoms with van der Waals surface area (Å²) < 4.78 is 24.5. The van der Waals surface area contributed by atoms with Crippen LogP contribution in [0.1, 0.15) is 33.6 Å². The summed E-state index contributed by atoms with van der Waals surface area (Å²) in [6, 6.07) is -0.913. The van der Waals surface area contributed by atoms with Crippen LogP contribution in [0.25, 0.3) is 11.2 Å². The molecule has 3 atom stereocenters. The number of nitrogen functional groups attached to an aromatic ring is 1. The average molecular weight is 414 g/mol. The summed E-state index contributed by atoms with van der Waals surface area (Å²) >= 11 is 0. The van der Waals surface area contributed by atoms with E-state index in [2.05, 4.69) is 20.0 Å². The first kappa shape index (κ1) is 22.2. The largest absolute Gasteiger partial charge is 0.465 e. The molecule has 0 aliphatic rings. The number of imidazole rings is 1. The number of ether oxygens (including phenoxy) is 2. The number of carbonyl (C=O) groups excluding carboxylic acids is 1. The molecule has 2 aromatic heterocycles. The van der Waals surface area contributed by atoms with Gasteiger partial charge in [-0.3, -0.25) is 9.36 Å². The van der Waals surface area contributed by atoms with Gasteiger partial charge in [0.15, 0.2) is 11.5 Å². The van der Waals surface area contributed by atoms with Crippen molar-refractivity contribution < 1.29 is 23.7 Å². The summed E-state index contributed by atoms with van der Waals surface area (Å²) in [4.78, 5) is 34.0. The van der Waals surface area contributed by atoms with Crippen molar-refractivity contribution in [2.24, 2.45) is 0 Å². The van der Waals surface area contributed by atoms with Crippen molar-refractivity contribution in [3.63, 3.8) is 0 Å². The summed E-state index contributed by atoms with van der Waals surface area (Å²) in [5, 5.41) is 2.39. The first-order chi connectivity index (χ1) is 13.2. The van der Waals surface area contributed by atoms with Gasteiger partial charge in [-0.2, -0.15) is 0 Å². The Labute approximate surface area is 163 Å². The maximum absolute atomic E-state index is 12.3. The molecule has 1 unspecified atom stereocenters. The molecule has 4 N–H and O–H groups in total. The standard InChI is InChI=1S/C16H27N6O5P/c1-4-5-6-26-16(23)12(3)21-28(24,25)10-27-11(2)7-22-9-20-13-14(17)18-8-19-15(13)22/h8-9,11-12H,4-7,10H2,1-3H3,(H2,17,18,19)(H2,21,24,25)/t11-,12+/m1/s1.